The van der Waals surface area contributed by atoms with Crippen molar-refractivity contribution in [2.45, 2.75) is 34.1 Å². The zero-order valence-electron chi connectivity index (χ0n) is 9.22. The molecule has 0 aromatic heterocycles. The highest BCUT2D eigenvalue weighted by molar-refractivity contribution is 5.52. The molecule has 0 amide bonds. The van der Waals surface area contributed by atoms with Gasteiger partial charge in [0, 0.05) is 0 Å². The SMILES string of the molecule is C=Cc1ccc(CC)cc1C.CC. The van der Waals surface area contributed by atoms with Gasteiger partial charge in [0.1, 0.15) is 0 Å². The predicted octanol–water partition coefficient (Wildman–Crippen LogP) is 4.23. The van der Waals surface area contributed by atoms with E-state index in [1.165, 1.54) is 16.7 Å². The standard InChI is InChI=1S/C11H14.C2H6/c1-4-10-6-7-11(5-2)9(3)8-10;1-2/h5-8H,2,4H2,1,3H3;1-2H3. The Kier molecular flexibility index (Phi) is 5.96. The van der Waals surface area contributed by atoms with Crippen molar-refractivity contribution in [2.24, 2.45) is 0 Å². The van der Waals surface area contributed by atoms with Crippen LogP contribution in [-0.2, 0) is 6.42 Å². The number of hydrogen-bond donors (Lipinski definition) is 0. The maximum Gasteiger partial charge on any atom is -0.0233 e. The molecule has 1 aromatic rings. The molecule has 0 fully saturated rings. The summed E-state index contributed by atoms with van der Waals surface area (Å²) >= 11 is 0. The van der Waals surface area contributed by atoms with Crippen LogP contribution >= 0.6 is 0 Å². The highest BCUT2D eigenvalue weighted by Crippen LogP contribution is 2.12. The molecule has 0 aliphatic rings. The molecule has 0 aliphatic heterocycles. The number of benzene rings is 1. The summed E-state index contributed by atoms with van der Waals surface area (Å²) in [5.74, 6) is 0. The van der Waals surface area contributed by atoms with Crippen molar-refractivity contribution in [1.82, 2.24) is 0 Å². The lowest BCUT2D eigenvalue weighted by molar-refractivity contribution is 1.13. The van der Waals surface area contributed by atoms with E-state index in [0.717, 1.165) is 6.42 Å². The van der Waals surface area contributed by atoms with Gasteiger partial charge >= 0.3 is 0 Å². The zero-order chi connectivity index (χ0) is 10.3. The third kappa shape index (κ3) is 3.45. The van der Waals surface area contributed by atoms with Gasteiger partial charge in [0.2, 0.25) is 0 Å². The van der Waals surface area contributed by atoms with Crippen molar-refractivity contribution in [3.8, 4) is 0 Å². The van der Waals surface area contributed by atoms with E-state index < -0.39 is 0 Å². The molecule has 0 aliphatic carbocycles. The normalized spacial score (nSPS) is 8.62. The molecular formula is C13H20. The number of rotatable bonds is 2. The summed E-state index contributed by atoms with van der Waals surface area (Å²) < 4.78 is 0. The maximum absolute atomic E-state index is 3.75. The van der Waals surface area contributed by atoms with Crippen LogP contribution in [0.1, 0.15) is 37.5 Å². The molecular weight excluding hydrogens is 156 g/mol. The number of hydrogen-bond acceptors (Lipinski definition) is 0. The largest absolute Gasteiger partial charge is 0.0985 e. The Hall–Kier alpha value is -1.04. The van der Waals surface area contributed by atoms with Crippen molar-refractivity contribution >= 4 is 6.08 Å². The molecule has 0 bridgehead atoms. The van der Waals surface area contributed by atoms with Crippen LogP contribution in [0.4, 0.5) is 0 Å². The second-order valence-electron chi connectivity index (χ2n) is 2.75. The number of aryl methyl sites for hydroxylation is 2. The fourth-order valence-electron chi connectivity index (χ4n) is 1.19. The van der Waals surface area contributed by atoms with Gasteiger partial charge in [0.05, 0.1) is 0 Å². The molecule has 0 unspecified atom stereocenters. The van der Waals surface area contributed by atoms with Gasteiger partial charge < -0.3 is 0 Å². The van der Waals surface area contributed by atoms with E-state index in [1.54, 1.807) is 0 Å². The molecule has 0 heterocycles. The lowest BCUT2D eigenvalue weighted by Gasteiger charge is -2.02. The van der Waals surface area contributed by atoms with Gasteiger partial charge in [-0.1, -0.05) is 51.6 Å². The molecule has 1 aromatic carbocycles. The summed E-state index contributed by atoms with van der Waals surface area (Å²) in [6.45, 7) is 12.0. The van der Waals surface area contributed by atoms with E-state index in [9.17, 15) is 0 Å². The van der Waals surface area contributed by atoms with E-state index >= 15 is 0 Å². The van der Waals surface area contributed by atoms with Crippen LogP contribution in [0.25, 0.3) is 6.08 Å². The van der Waals surface area contributed by atoms with Crippen molar-refractivity contribution in [3.05, 3.63) is 41.5 Å². The monoisotopic (exact) mass is 176 g/mol. The molecule has 0 heteroatoms. The Bertz CT molecular complexity index is 259. The van der Waals surface area contributed by atoms with Gasteiger partial charge in [0.25, 0.3) is 0 Å². The fourth-order valence-corrected chi connectivity index (χ4v) is 1.19. The summed E-state index contributed by atoms with van der Waals surface area (Å²) in [4.78, 5) is 0. The predicted molar refractivity (Wildman–Crippen MR) is 62.0 cm³/mol. The van der Waals surface area contributed by atoms with Gasteiger partial charge in [0.15, 0.2) is 0 Å². The first-order valence-electron chi connectivity index (χ1n) is 5.00. The van der Waals surface area contributed by atoms with Gasteiger partial charge in [-0.15, -0.1) is 0 Å². The molecule has 0 N–H and O–H groups in total. The van der Waals surface area contributed by atoms with Crippen LogP contribution in [0.3, 0.4) is 0 Å². The van der Waals surface area contributed by atoms with Crippen molar-refractivity contribution in [1.29, 1.82) is 0 Å². The van der Waals surface area contributed by atoms with E-state index in [-0.39, 0.29) is 0 Å². The summed E-state index contributed by atoms with van der Waals surface area (Å²) in [7, 11) is 0. The van der Waals surface area contributed by atoms with Crippen molar-refractivity contribution in [3.63, 3.8) is 0 Å². The van der Waals surface area contributed by atoms with Crippen molar-refractivity contribution in [2.75, 3.05) is 0 Å². The van der Waals surface area contributed by atoms with Crippen LogP contribution in [0.2, 0.25) is 0 Å². The summed E-state index contributed by atoms with van der Waals surface area (Å²) in [6.07, 6.45) is 3.01. The molecule has 0 nitrogen and oxygen atoms in total. The Labute approximate surface area is 82.3 Å². The topological polar surface area (TPSA) is 0 Å². The summed E-state index contributed by atoms with van der Waals surface area (Å²) in [5.41, 5.74) is 3.95. The Balaban J connectivity index is 0.000000671. The van der Waals surface area contributed by atoms with Gasteiger partial charge in [-0.2, -0.15) is 0 Å². The minimum atomic E-state index is 1.11. The molecule has 0 saturated heterocycles. The first kappa shape index (κ1) is 12.0. The average Bonchev–Trinajstić information content (AvgIpc) is 2.20. The first-order valence-corrected chi connectivity index (χ1v) is 5.00. The highest BCUT2D eigenvalue weighted by atomic mass is 14.0. The quantitative estimate of drug-likeness (QED) is 0.632. The second-order valence-corrected chi connectivity index (χ2v) is 2.75. The highest BCUT2D eigenvalue weighted by Gasteiger charge is 1.93. The van der Waals surface area contributed by atoms with Crippen LogP contribution in [-0.4, -0.2) is 0 Å². The lowest BCUT2D eigenvalue weighted by Crippen LogP contribution is -1.84. The third-order valence-electron chi connectivity index (χ3n) is 1.96. The maximum atomic E-state index is 3.75. The average molecular weight is 176 g/mol. The first-order chi connectivity index (χ1) is 6.27. The van der Waals surface area contributed by atoms with Gasteiger partial charge in [-0.05, 0) is 30.0 Å². The Morgan fingerprint density at radius 2 is 1.92 bits per heavy atom. The third-order valence-corrected chi connectivity index (χ3v) is 1.96. The van der Waals surface area contributed by atoms with Crippen LogP contribution < -0.4 is 0 Å². The lowest BCUT2D eigenvalue weighted by atomic mass is 10.0. The van der Waals surface area contributed by atoms with Crippen LogP contribution in [0.5, 0.6) is 0 Å². The fraction of sp³-hybridized carbons (Fsp3) is 0.385. The molecule has 0 saturated carbocycles. The van der Waals surface area contributed by atoms with Gasteiger partial charge in [-0.3, -0.25) is 0 Å². The van der Waals surface area contributed by atoms with Crippen LogP contribution in [0, 0.1) is 6.92 Å². The molecule has 0 spiro atoms. The van der Waals surface area contributed by atoms with E-state index in [0.29, 0.717) is 0 Å². The molecule has 0 atom stereocenters. The second kappa shape index (κ2) is 6.47. The van der Waals surface area contributed by atoms with E-state index in [2.05, 4.69) is 38.6 Å². The van der Waals surface area contributed by atoms with E-state index in [1.807, 2.05) is 19.9 Å². The molecule has 72 valence electrons. The molecule has 1 rings (SSSR count). The molecule has 13 heavy (non-hydrogen) atoms. The van der Waals surface area contributed by atoms with Crippen LogP contribution in [0.15, 0.2) is 24.8 Å². The molecule has 0 radical (unpaired) electrons. The van der Waals surface area contributed by atoms with Gasteiger partial charge in [-0.25, -0.2) is 0 Å². The summed E-state index contributed by atoms with van der Waals surface area (Å²) in [5, 5.41) is 0. The summed E-state index contributed by atoms with van der Waals surface area (Å²) in [6, 6.07) is 6.50. The van der Waals surface area contributed by atoms with Crippen molar-refractivity contribution < 1.29 is 0 Å². The van der Waals surface area contributed by atoms with E-state index in [4.69, 9.17) is 0 Å². The smallest absolute Gasteiger partial charge is 0.0233 e. The Morgan fingerprint density at radius 3 is 2.31 bits per heavy atom. The minimum absolute atomic E-state index is 1.11. The Morgan fingerprint density at radius 1 is 1.31 bits per heavy atom. The zero-order valence-corrected chi connectivity index (χ0v) is 9.22. The minimum Gasteiger partial charge on any atom is -0.0985 e.